The molecular formula is C39H30N2. The molecule has 0 radical (unpaired) electrons. The Morgan fingerprint density at radius 3 is 2.22 bits per heavy atom. The van der Waals surface area contributed by atoms with Crippen LogP contribution in [0.5, 0.6) is 0 Å². The predicted molar refractivity (Wildman–Crippen MR) is 175 cm³/mol. The van der Waals surface area contributed by atoms with Crippen molar-refractivity contribution in [2.75, 3.05) is 0 Å². The van der Waals surface area contributed by atoms with Gasteiger partial charge in [-0.25, -0.2) is 0 Å². The monoisotopic (exact) mass is 526 g/mol. The summed E-state index contributed by atoms with van der Waals surface area (Å²) in [6.45, 7) is 4.00. The van der Waals surface area contributed by atoms with Gasteiger partial charge >= 0.3 is 0 Å². The molecule has 41 heavy (non-hydrogen) atoms. The number of rotatable bonds is 2. The molecular weight excluding hydrogens is 496 g/mol. The molecule has 1 unspecified atom stereocenters. The second-order valence-corrected chi connectivity index (χ2v) is 10.7. The first kappa shape index (κ1) is 23.9. The lowest BCUT2D eigenvalue weighted by Gasteiger charge is -2.22. The van der Waals surface area contributed by atoms with Crippen LogP contribution in [0.15, 0.2) is 128 Å². The van der Waals surface area contributed by atoms with Crippen molar-refractivity contribution < 1.29 is 0 Å². The number of hydrogen-bond acceptors (Lipinski definition) is 1. The molecule has 9 rings (SSSR count). The first-order valence-electron chi connectivity index (χ1n) is 14.7. The van der Waals surface area contributed by atoms with Crippen LogP contribution in [0.2, 0.25) is 0 Å². The standard InChI is InChI=1S/C37H24N2.C2H6/c1-2-12-28-27(11-1)30-15-6-14-29-26(18-19-31(28)35(29)30)24-8-5-10-25(22-24)39-33-16-4-3-13-32(33)36-34(39)20-17-23-9-7-21-38-37(23)36;1-2/h1-9,11-22,25H,10H2;1-2H3. The summed E-state index contributed by atoms with van der Waals surface area (Å²) < 4.78 is 2.53. The van der Waals surface area contributed by atoms with E-state index in [1.165, 1.54) is 71.4 Å². The van der Waals surface area contributed by atoms with E-state index in [2.05, 4.69) is 120 Å². The average Bonchev–Trinajstić information content (AvgIpc) is 3.57. The number of benzene rings is 5. The maximum absolute atomic E-state index is 4.81. The van der Waals surface area contributed by atoms with Crippen molar-refractivity contribution in [3.8, 4) is 22.3 Å². The van der Waals surface area contributed by atoms with Gasteiger partial charge in [-0.3, -0.25) is 4.98 Å². The average molecular weight is 527 g/mol. The lowest BCUT2D eigenvalue weighted by Crippen LogP contribution is -2.08. The third kappa shape index (κ3) is 3.40. The van der Waals surface area contributed by atoms with Gasteiger partial charge in [-0.15, -0.1) is 0 Å². The van der Waals surface area contributed by atoms with Crippen molar-refractivity contribution in [2.24, 2.45) is 0 Å². The number of pyridine rings is 1. The summed E-state index contributed by atoms with van der Waals surface area (Å²) in [5, 5.41) is 6.40. The van der Waals surface area contributed by atoms with Crippen LogP contribution in [0.4, 0.5) is 0 Å². The van der Waals surface area contributed by atoms with E-state index >= 15 is 0 Å². The fourth-order valence-corrected chi connectivity index (χ4v) is 7.07. The normalized spacial score (nSPS) is 15.3. The number of nitrogens with zero attached hydrogens (tertiary/aromatic N) is 2. The van der Waals surface area contributed by atoms with Gasteiger partial charge in [-0.05, 0) is 68.8 Å². The highest BCUT2D eigenvalue weighted by molar-refractivity contribution is 6.20. The number of fused-ring (bicyclic) bond motifs is 8. The van der Waals surface area contributed by atoms with Crippen molar-refractivity contribution >= 4 is 49.1 Å². The molecule has 196 valence electrons. The van der Waals surface area contributed by atoms with Crippen LogP contribution >= 0.6 is 0 Å². The Labute approximate surface area is 239 Å². The summed E-state index contributed by atoms with van der Waals surface area (Å²) in [7, 11) is 0. The molecule has 0 bridgehead atoms. The molecule has 2 heteroatoms. The Hall–Kier alpha value is -4.95. The molecule has 7 aromatic rings. The predicted octanol–water partition coefficient (Wildman–Crippen LogP) is 10.8. The molecule has 0 fully saturated rings. The van der Waals surface area contributed by atoms with Gasteiger partial charge in [-0.1, -0.05) is 117 Å². The van der Waals surface area contributed by atoms with Crippen molar-refractivity contribution in [1.82, 2.24) is 9.55 Å². The van der Waals surface area contributed by atoms with Crippen molar-refractivity contribution in [2.45, 2.75) is 26.3 Å². The summed E-state index contributed by atoms with van der Waals surface area (Å²) >= 11 is 0. The minimum Gasteiger partial charge on any atom is -0.333 e. The molecule has 2 nitrogen and oxygen atoms in total. The fraction of sp³-hybridized carbons (Fsp3) is 0.103. The first-order valence-corrected chi connectivity index (χ1v) is 14.7. The van der Waals surface area contributed by atoms with E-state index in [1.54, 1.807) is 0 Å². The van der Waals surface area contributed by atoms with Gasteiger partial charge in [0, 0.05) is 27.9 Å². The largest absolute Gasteiger partial charge is 0.333 e. The van der Waals surface area contributed by atoms with Gasteiger partial charge in [0.05, 0.1) is 17.1 Å². The topological polar surface area (TPSA) is 17.8 Å². The van der Waals surface area contributed by atoms with E-state index in [0.717, 1.165) is 11.9 Å². The maximum atomic E-state index is 4.81. The van der Waals surface area contributed by atoms with Crippen LogP contribution in [-0.4, -0.2) is 9.55 Å². The highest BCUT2D eigenvalue weighted by Gasteiger charge is 2.24. The SMILES string of the molecule is C1=CC(c2ccc3c4c(cccc24)-c2ccccc2-3)=CC(n2c3ccccc3c3c4ncccc4ccc32)C1.CC. The van der Waals surface area contributed by atoms with Crippen LogP contribution in [0.25, 0.3) is 71.3 Å². The molecule has 0 aliphatic heterocycles. The Kier molecular flexibility index (Phi) is 5.43. The van der Waals surface area contributed by atoms with Gasteiger partial charge in [0.2, 0.25) is 0 Å². The third-order valence-electron chi connectivity index (χ3n) is 8.68. The molecule has 5 aromatic carbocycles. The van der Waals surface area contributed by atoms with Crippen molar-refractivity contribution in [1.29, 1.82) is 0 Å². The number of hydrogen-bond donors (Lipinski definition) is 0. The lowest BCUT2D eigenvalue weighted by atomic mass is 9.90. The quantitative estimate of drug-likeness (QED) is 0.219. The van der Waals surface area contributed by atoms with Crippen LogP contribution in [0, 0.1) is 0 Å². The van der Waals surface area contributed by atoms with Crippen molar-refractivity contribution in [3.63, 3.8) is 0 Å². The Balaban J connectivity index is 0.00000125. The van der Waals surface area contributed by atoms with E-state index in [0.29, 0.717) is 0 Å². The van der Waals surface area contributed by atoms with E-state index in [9.17, 15) is 0 Å². The zero-order valence-electron chi connectivity index (χ0n) is 23.3. The second kappa shape index (κ2) is 9.31. The second-order valence-electron chi connectivity index (χ2n) is 10.7. The van der Waals surface area contributed by atoms with Gasteiger partial charge < -0.3 is 4.57 Å². The van der Waals surface area contributed by atoms with E-state index in [4.69, 9.17) is 4.98 Å². The summed E-state index contributed by atoms with van der Waals surface area (Å²) in [5.74, 6) is 0. The summed E-state index contributed by atoms with van der Waals surface area (Å²) in [5.41, 5.74) is 11.5. The zero-order valence-corrected chi connectivity index (χ0v) is 23.3. The van der Waals surface area contributed by atoms with E-state index in [1.807, 2.05) is 26.1 Å². The summed E-state index contributed by atoms with van der Waals surface area (Å²) in [6.07, 6.45) is 10.00. The van der Waals surface area contributed by atoms with Crippen molar-refractivity contribution in [3.05, 3.63) is 133 Å². The van der Waals surface area contributed by atoms with Crippen LogP contribution in [-0.2, 0) is 0 Å². The Morgan fingerprint density at radius 2 is 1.34 bits per heavy atom. The molecule has 0 amide bonds. The summed E-state index contributed by atoms with van der Waals surface area (Å²) in [4.78, 5) is 4.81. The summed E-state index contributed by atoms with van der Waals surface area (Å²) in [6, 6.07) is 37.9. The molecule has 0 spiro atoms. The molecule has 0 saturated heterocycles. The zero-order chi connectivity index (χ0) is 27.5. The smallest absolute Gasteiger partial charge is 0.0802 e. The van der Waals surface area contributed by atoms with Crippen LogP contribution < -0.4 is 0 Å². The molecule has 0 N–H and O–H groups in total. The minimum atomic E-state index is 0.216. The number of aromatic nitrogens is 2. The molecule has 0 saturated carbocycles. The first-order chi connectivity index (χ1) is 20.4. The molecule has 2 heterocycles. The molecule has 2 aliphatic rings. The number of para-hydroxylation sites is 1. The Morgan fingerprint density at radius 1 is 0.610 bits per heavy atom. The van der Waals surface area contributed by atoms with Gasteiger partial charge in [-0.2, -0.15) is 0 Å². The fourth-order valence-electron chi connectivity index (χ4n) is 7.07. The lowest BCUT2D eigenvalue weighted by molar-refractivity contribution is 0.650. The van der Waals surface area contributed by atoms with Crippen LogP contribution in [0.3, 0.4) is 0 Å². The molecule has 1 atom stereocenters. The molecule has 2 aromatic heterocycles. The van der Waals surface area contributed by atoms with E-state index < -0.39 is 0 Å². The number of allylic oxidation sites excluding steroid dienone is 4. The molecule has 2 aliphatic carbocycles. The van der Waals surface area contributed by atoms with Crippen LogP contribution in [0.1, 0.15) is 31.9 Å². The highest BCUT2D eigenvalue weighted by atomic mass is 15.0. The maximum Gasteiger partial charge on any atom is 0.0802 e. The third-order valence-corrected chi connectivity index (χ3v) is 8.68. The van der Waals surface area contributed by atoms with Gasteiger partial charge in [0.15, 0.2) is 0 Å². The Bertz CT molecular complexity index is 2180. The van der Waals surface area contributed by atoms with E-state index in [-0.39, 0.29) is 6.04 Å². The highest BCUT2D eigenvalue weighted by Crippen LogP contribution is 2.49. The van der Waals surface area contributed by atoms with Gasteiger partial charge in [0.1, 0.15) is 0 Å². The van der Waals surface area contributed by atoms with Gasteiger partial charge in [0.25, 0.3) is 0 Å². The minimum absolute atomic E-state index is 0.216.